The number of ether oxygens (including phenoxy) is 1. The van der Waals surface area contributed by atoms with Gasteiger partial charge in [0.2, 0.25) is 5.65 Å². The molecule has 0 atom stereocenters. The SMILES string of the molecule is COc1ccc2[nH]cc(C(=O)CSc3nnc4c(=O)n(-c5cccc(Cl)c5C)ccn34)c2c1. The van der Waals surface area contributed by atoms with Crippen molar-refractivity contribution in [3.8, 4) is 11.4 Å². The number of hydrogen-bond acceptors (Lipinski definition) is 6. The molecule has 5 aromatic rings. The van der Waals surface area contributed by atoms with Crippen LogP contribution < -0.4 is 10.3 Å². The lowest BCUT2D eigenvalue weighted by atomic mass is 10.1. The number of rotatable bonds is 6. The number of halogens is 1. The number of H-pyrrole nitrogens is 1. The molecular weight excluding hydrogens is 462 g/mol. The summed E-state index contributed by atoms with van der Waals surface area (Å²) in [5.74, 6) is 0.749. The zero-order valence-corrected chi connectivity index (χ0v) is 19.3. The summed E-state index contributed by atoms with van der Waals surface area (Å²) in [6, 6.07) is 10.9. The van der Waals surface area contributed by atoms with Gasteiger partial charge in [-0.2, -0.15) is 0 Å². The number of aromatic nitrogens is 5. The van der Waals surface area contributed by atoms with E-state index in [1.165, 1.54) is 16.3 Å². The number of methoxy groups -OCH3 is 1. The van der Waals surface area contributed by atoms with Crippen molar-refractivity contribution in [2.24, 2.45) is 0 Å². The summed E-state index contributed by atoms with van der Waals surface area (Å²) >= 11 is 7.43. The maximum absolute atomic E-state index is 13.0. The first kappa shape index (κ1) is 21.3. The molecule has 0 amide bonds. The van der Waals surface area contributed by atoms with Crippen molar-refractivity contribution in [3.05, 3.63) is 81.5 Å². The van der Waals surface area contributed by atoms with Gasteiger partial charge in [0.25, 0.3) is 0 Å². The number of Topliss-reactive ketones (excluding diaryl/α,β-unsaturated/α-hetero) is 1. The number of aromatic amines is 1. The topological polar surface area (TPSA) is 94.3 Å². The number of ketones is 1. The van der Waals surface area contributed by atoms with Crippen LogP contribution in [-0.4, -0.2) is 42.8 Å². The Balaban J connectivity index is 1.43. The fraction of sp³-hybridized carbons (Fsp3) is 0.130. The standard InChI is InChI=1S/C23H18ClN5O3S/c1-13-17(24)4-3-5-19(13)28-8-9-29-21(22(28)31)26-27-23(29)33-12-20(30)16-11-25-18-7-6-14(32-2)10-15(16)18/h3-11,25H,12H2,1-2H3. The first-order valence-electron chi connectivity index (χ1n) is 10.0. The van der Waals surface area contributed by atoms with Crippen molar-refractivity contribution in [2.75, 3.05) is 12.9 Å². The van der Waals surface area contributed by atoms with Crippen molar-refractivity contribution in [1.82, 2.24) is 24.1 Å². The third kappa shape index (κ3) is 3.69. The second kappa shape index (κ2) is 8.42. The molecule has 0 spiro atoms. The van der Waals surface area contributed by atoms with Crippen molar-refractivity contribution in [1.29, 1.82) is 0 Å². The van der Waals surface area contributed by atoms with Gasteiger partial charge in [-0.1, -0.05) is 29.4 Å². The Bertz CT molecular complexity index is 1590. The Kier molecular flexibility index (Phi) is 5.43. The summed E-state index contributed by atoms with van der Waals surface area (Å²) in [4.78, 5) is 29.1. The first-order valence-corrected chi connectivity index (χ1v) is 11.4. The van der Waals surface area contributed by atoms with E-state index in [4.69, 9.17) is 16.3 Å². The molecule has 0 fully saturated rings. The quantitative estimate of drug-likeness (QED) is 0.288. The lowest BCUT2D eigenvalue weighted by Crippen LogP contribution is -2.21. The molecule has 166 valence electrons. The van der Waals surface area contributed by atoms with Gasteiger partial charge in [0.05, 0.1) is 18.6 Å². The van der Waals surface area contributed by atoms with E-state index in [1.807, 2.05) is 31.2 Å². The van der Waals surface area contributed by atoms with Gasteiger partial charge in [-0.3, -0.25) is 18.6 Å². The van der Waals surface area contributed by atoms with Crippen LogP contribution in [0.1, 0.15) is 15.9 Å². The predicted octanol–water partition coefficient (Wildman–Crippen LogP) is 4.31. The minimum absolute atomic E-state index is 0.0702. The van der Waals surface area contributed by atoms with E-state index in [9.17, 15) is 9.59 Å². The van der Waals surface area contributed by atoms with Crippen LogP contribution >= 0.6 is 23.4 Å². The van der Waals surface area contributed by atoms with Crippen LogP contribution in [0.4, 0.5) is 0 Å². The van der Waals surface area contributed by atoms with Crippen LogP contribution in [0.5, 0.6) is 5.75 Å². The molecule has 1 N–H and O–H groups in total. The Labute approximate surface area is 197 Å². The molecular formula is C23H18ClN5O3S. The largest absolute Gasteiger partial charge is 0.497 e. The average Bonchev–Trinajstić information content (AvgIpc) is 3.44. The molecule has 0 radical (unpaired) electrons. The molecule has 8 nitrogen and oxygen atoms in total. The van der Waals surface area contributed by atoms with Gasteiger partial charge in [-0.25, -0.2) is 0 Å². The second-order valence-electron chi connectivity index (χ2n) is 7.36. The summed E-state index contributed by atoms with van der Waals surface area (Å²) in [6.45, 7) is 1.85. The summed E-state index contributed by atoms with van der Waals surface area (Å²) in [5.41, 5.74) is 2.75. The number of nitrogens with zero attached hydrogens (tertiary/aromatic N) is 4. The number of carbonyl (C=O) groups excluding carboxylic acids is 1. The maximum atomic E-state index is 13.0. The number of hydrogen-bond donors (Lipinski definition) is 1. The van der Waals surface area contributed by atoms with Gasteiger partial charge in [0, 0.05) is 40.1 Å². The van der Waals surface area contributed by atoms with Crippen molar-refractivity contribution >= 4 is 45.7 Å². The number of benzene rings is 2. The highest BCUT2D eigenvalue weighted by atomic mass is 35.5. The lowest BCUT2D eigenvalue weighted by molar-refractivity contribution is 0.102. The highest BCUT2D eigenvalue weighted by Gasteiger charge is 2.17. The normalized spacial score (nSPS) is 11.4. The number of nitrogens with one attached hydrogen (secondary N) is 1. The van der Waals surface area contributed by atoms with Gasteiger partial charge in [-0.05, 0) is 42.8 Å². The third-order valence-electron chi connectivity index (χ3n) is 5.46. The number of carbonyl (C=O) groups is 1. The van der Waals surface area contributed by atoms with Crippen LogP contribution in [-0.2, 0) is 0 Å². The summed E-state index contributed by atoms with van der Waals surface area (Å²) < 4.78 is 8.35. The van der Waals surface area contributed by atoms with Crippen molar-refractivity contribution < 1.29 is 9.53 Å². The van der Waals surface area contributed by atoms with E-state index in [-0.39, 0.29) is 22.7 Å². The predicted molar refractivity (Wildman–Crippen MR) is 128 cm³/mol. The van der Waals surface area contributed by atoms with Crippen LogP contribution in [0.25, 0.3) is 22.2 Å². The van der Waals surface area contributed by atoms with E-state index < -0.39 is 0 Å². The molecule has 3 heterocycles. The second-order valence-corrected chi connectivity index (χ2v) is 8.71. The smallest absolute Gasteiger partial charge is 0.300 e. The van der Waals surface area contributed by atoms with Gasteiger partial charge in [0.1, 0.15) is 5.75 Å². The summed E-state index contributed by atoms with van der Waals surface area (Å²) in [5, 5.41) is 10.0. The molecule has 0 saturated carbocycles. The first-order chi connectivity index (χ1) is 16.0. The highest BCUT2D eigenvalue weighted by Crippen LogP contribution is 2.26. The molecule has 0 unspecified atom stereocenters. The Morgan fingerprint density at radius 2 is 2.06 bits per heavy atom. The monoisotopic (exact) mass is 479 g/mol. The van der Waals surface area contributed by atoms with Gasteiger partial charge in [-0.15, -0.1) is 10.2 Å². The van der Waals surface area contributed by atoms with E-state index in [0.717, 1.165) is 16.5 Å². The van der Waals surface area contributed by atoms with Gasteiger partial charge < -0.3 is 9.72 Å². The van der Waals surface area contributed by atoms with Crippen LogP contribution in [0.15, 0.2) is 64.9 Å². The van der Waals surface area contributed by atoms with E-state index in [0.29, 0.717) is 27.2 Å². The average molecular weight is 480 g/mol. The van der Waals surface area contributed by atoms with Gasteiger partial charge in [0.15, 0.2) is 10.9 Å². The maximum Gasteiger partial charge on any atom is 0.300 e. The Morgan fingerprint density at radius 1 is 1.21 bits per heavy atom. The van der Waals surface area contributed by atoms with Gasteiger partial charge >= 0.3 is 5.56 Å². The Hall–Kier alpha value is -3.56. The molecule has 0 aliphatic heterocycles. The zero-order valence-electron chi connectivity index (χ0n) is 17.7. The fourth-order valence-electron chi connectivity index (χ4n) is 3.68. The minimum Gasteiger partial charge on any atom is -0.497 e. The highest BCUT2D eigenvalue weighted by molar-refractivity contribution is 7.99. The lowest BCUT2D eigenvalue weighted by Gasteiger charge is -2.10. The van der Waals surface area contributed by atoms with E-state index >= 15 is 0 Å². The summed E-state index contributed by atoms with van der Waals surface area (Å²) in [7, 11) is 1.59. The van der Waals surface area contributed by atoms with E-state index in [2.05, 4.69) is 15.2 Å². The minimum atomic E-state index is -0.322. The molecule has 0 saturated heterocycles. The number of thioether (sulfide) groups is 1. The van der Waals surface area contributed by atoms with Crippen molar-refractivity contribution in [3.63, 3.8) is 0 Å². The molecule has 0 aliphatic carbocycles. The van der Waals surface area contributed by atoms with Crippen LogP contribution in [0.3, 0.4) is 0 Å². The molecule has 33 heavy (non-hydrogen) atoms. The molecule has 2 aromatic carbocycles. The zero-order chi connectivity index (χ0) is 23.1. The molecule has 0 aliphatic rings. The molecule has 3 aromatic heterocycles. The molecule has 0 bridgehead atoms. The molecule has 10 heteroatoms. The molecule has 5 rings (SSSR count). The van der Waals surface area contributed by atoms with E-state index in [1.54, 1.807) is 42.2 Å². The summed E-state index contributed by atoms with van der Waals surface area (Å²) in [6.07, 6.45) is 5.05. The van der Waals surface area contributed by atoms with Crippen LogP contribution in [0, 0.1) is 6.92 Å². The third-order valence-corrected chi connectivity index (χ3v) is 6.81. The Morgan fingerprint density at radius 3 is 2.88 bits per heavy atom. The van der Waals surface area contributed by atoms with Crippen LogP contribution in [0.2, 0.25) is 5.02 Å². The van der Waals surface area contributed by atoms with Crippen molar-refractivity contribution in [2.45, 2.75) is 12.1 Å². The number of fused-ring (bicyclic) bond motifs is 2. The fourth-order valence-corrected chi connectivity index (χ4v) is 4.65.